The molecular formula is C26H37ClN2S. The van der Waals surface area contributed by atoms with Crippen molar-refractivity contribution in [2.24, 2.45) is 23.0 Å². The standard InChI is InChI=1S/C26H37ClN2S/c1-2-12-26(27)19-13-24(18-6-4-3-5-7-18)14-20(26)16-25(15-19,17-24)23(30)29-22-10-8-21(28)9-11-22/h3-7,19-22H,2,8-17,28H2,1H3,(H,29,30)/t19?,20?,21-,22-,24?,25?,26?. The normalized spacial score (nSPS) is 44.8. The van der Waals surface area contributed by atoms with E-state index in [4.69, 9.17) is 29.6 Å². The van der Waals surface area contributed by atoms with E-state index in [1.165, 1.54) is 44.1 Å². The van der Waals surface area contributed by atoms with Crippen molar-refractivity contribution in [1.82, 2.24) is 5.32 Å². The van der Waals surface area contributed by atoms with E-state index in [0.717, 1.165) is 37.1 Å². The first-order chi connectivity index (χ1) is 14.4. The second-order valence-electron chi connectivity index (χ2n) is 11.1. The van der Waals surface area contributed by atoms with Gasteiger partial charge in [0, 0.05) is 17.5 Å². The molecule has 0 aromatic heterocycles. The molecule has 2 nitrogen and oxygen atoms in total. The maximum absolute atomic E-state index is 7.48. The average Bonchev–Trinajstić information content (AvgIpc) is 2.74. The Balaban J connectivity index is 1.45. The Bertz CT molecular complexity index is 769. The van der Waals surface area contributed by atoms with Gasteiger partial charge >= 0.3 is 0 Å². The fraction of sp³-hybridized carbons (Fsp3) is 0.731. The quantitative estimate of drug-likeness (QED) is 0.425. The minimum atomic E-state index is -0.0236. The topological polar surface area (TPSA) is 38.0 Å². The van der Waals surface area contributed by atoms with Gasteiger partial charge in [-0.2, -0.15) is 0 Å². The summed E-state index contributed by atoms with van der Waals surface area (Å²) in [6.07, 6.45) is 12.9. The molecular weight excluding hydrogens is 408 g/mol. The molecule has 30 heavy (non-hydrogen) atoms. The van der Waals surface area contributed by atoms with Gasteiger partial charge in [0.1, 0.15) is 0 Å². The lowest BCUT2D eigenvalue weighted by atomic mass is 9.39. The molecule has 0 spiro atoms. The molecule has 5 saturated carbocycles. The van der Waals surface area contributed by atoms with Crippen LogP contribution in [0.5, 0.6) is 0 Å². The number of rotatable bonds is 5. The summed E-state index contributed by atoms with van der Waals surface area (Å²) in [7, 11) is 0. The molecule has 4 bridgehead atoms. The van der Waals surface area contributed by atoms with Crippen molar-refractivity contribution in [2.45, 2.75) is 99.9 Å². The zero-order chi connectivity index (χ0) is 21.0. The highest BCUT2D eigenvalue weighted by Gasteiger charge is 2.67. The largest absolute Gasteiger partial charge is 0.376 e. The highest BCUT2D eigenvalue weighted by atomic mass is 35.5. The van der Waals surface area contributed by atoms with Crippen molar-refractivity contribution in [3.05, 3.63) is 35.9 Å². The van der Waals surface area contributed by atoms with E-state index in [0.29, 0.717) is 23.9 Å². The van der Waals surface area contributed by atoms with E-state index >= 15 is 0 Å². The molecule has 0 amide bonds. The molecule has 3 N–H and O–H groups in total. The third-order valence-corrected chi connectivity index (χ3v) is 10.5. The maximum atomic E-state index is 7.48. The van der Waals surface area contributed by atoms with E-state index in [-0.39, 0.29) is 15.7 Å². The number of alkyl halides is 1. The number of nitrogens with two attached hydrogens (primary N) is 1. The van der Waals surface area contributed by atoms with Crippen LogP contribution in [0.2, 0.25) is 0 Å². The van der Waals surface area contributed by atoms with Crippen LogP contribution in [0.4, 0.5) is 0 Å². The smallest absolute Gasteiger partial charge is 0.0818 e. The van der Waals surface area contributed by atoms with E-state index in [9.17, 15) is 0 Å². The van der Waals surface area contributed by atoms with Crippen LogP contribution >= 0.6 is 23.8 Å². The summed E-state index contributed by atoms with van der Waals surface area (Å²) < 4.78 is 0. The second kappa shape index (κ2) is 7.74. The van der Waals surface area contributed by atoms with E-state index in [2.05, 4.69) is 42.6 Å². The molecule has 1 aromatic rings. The third-order valence-electron chi connectivity index (χ3n) is 9.19. The predicted octanol–water partition coefficient (Wildman–Crippen LogP) is 6.10. The minimum absolute atomic E-state index is 0.0236. The monoisotopic (exact) mass is 444 g/mol. The first-order valence-electron chi connectivity index (χ1n) is 12.2. The van der Waals surface area contributed by atoms with Gasteiger partial charge in [-0.15, -0.1) is 11.6 Å². The molecule has 5 aliphatic rings. The first kappa shape index (κ1) is 21.2. The zero-order valence-corrected chi connectivity index (χ0v) is 19.9. The Labute approximate surface area is 192 Å². The van der Waals surface area contributed by atoms with E-state index in [1.54, 1.807) is 0 Å². The van der Waals surface area contributed by atoms with Gasteiger partial charge in [-0.25, -0.2) is 0 Å². The van der Waals surface area contributed by atoms with Crippen LogP contribution in [0.15, 0.2) is 30.3 Å². The fourth-order valence-corrected chi connectivity index (χ4v) is 8.84. The third kappa shape index (κ3) is 3.35. The molecule has 4 heteroatoms. The Kier molecular flexibility index (Phi) is 5.48. The highest BCUT2D eigenvalue weighted by molar-refractivity contribution is 7.80. The molecule has 5 aliphatic carbocycles. The van der Waals surface area contributed by atoms with Crippen LogP contribution in [-0.4, -0.2) is 21.9 Å². The number of benzene rings is 1. The summed E-state index contributed by atoms with van der Waals surface area (Å²) in [6, 6.07) is 12.2. The summed E-state index contributed by atoms with van der Waals surface area (Å²) in [5.74, 6) is 1.14. The van der Waals surface area contributed by atoms with Crippen molar-refractivity contribution >= 4 is 28.8 Å². The maximum Gasteiger partial charge on any atom is 0.0818 e. The number of nitrogens with one attached hydrogen (secondary N) is 1. The van der Waals surface area contributed by atoms with Gasteiger partial charge in [-0.3, -0.25) is 0 Å². The predicted molar refractivity (Wildman–Crippen MR) is 130 cm³/mol. The molecule has 2 unspecified atom stereocenters. The minimum Gasteiger partial charge on any atom is -0.376 e. The van der Waals surface area contributed by atoms with Gasteiger partial charge in [0.15, 0.2) is 0 Å². The van der Waals surface area contributed by atoms with Gasteiger partial charge < -0.3 is 11.1 Å². The van der Waals surface area contributed by atoms with Crippen molar-refractivity contribution < 1.29 is 0 Å². The lowest BCUT2D eigenvalue weighted by molar-refractivity contribution is -0.0702. The molecule has 0 saturated heterocycles. The van der Waals surface area contributed by atoms with Gasteiger partial charge in [-0.1, -0.05) is 55.9 Å². The summed E-state index contributed by atoms with van der Waals surface area (Å²) in [5.41, 5.74) is 8.04. The van der Waals surface area contributed by atoms with E-state index in [1.807, 2.05) is 0 Å². The van der Waals surface area contributed by atoms with Gasteiger partial charge in [0.2, 0.25) is 0 Å². The highest BCUT2D eigenvalue weighted by Crippen LogP contribution is 2.71. The summed E-state index contributed by atoms with van der Waals surface area (Å²) in [6.45, 7) is 2.29. The average molecular weight is 445 g/mol. The molecule has 5 fully saturated rings. The van der Waals surface area contributed by atoms with Crippen molar-refractivity contribution in [2.75, 3.05) is 0 Å². The second-order valence-corrected chi connectivity index (χ2v) is 12.2. The molecule has 0 aliphatic heterocycles. The van der Waals surface area contributed by atoms with Gasteiger partial charge in [0.25, 0.3) is 0 Å². The lowest BCUT2D eigenvalue weighted by Crippen LogP contribution is -2.66. The number of hydrogen-bond acceptors (Lipinski definition) is 2. The van der Waals surface area contributed by atoms with Crippen molar-refractivity contribution in [3.63, 3.8) is 0 Å². The summed E-state index contributed by atoms with van der Waals surface area (Å²) in [5, 5.41) is 3.86. The molecule has 0 heterocycles. The van der Waals surface area contributed by atoms with Crippen LogP contribution < -0.4 is 11.1 Å². The van der Waals surface area contributed by atoms with Gasteiger partial charge in [-0.05, 0) is 87.0 Å². The Morgan fingerprint density at radius 1 is 1.07 bits per heavy atom. The fourth-order valence-electron chi connectivity index (χ4n) is 7.93. The van der Waals surface area contributed by atoms with Crippen molar-refractivity contribution in [1.29, 1.82) is 0 Å². The number of hydrogen-bond donors (Lipinski definition) is 2. The van der Waals surface area contributed by atoms with Crippen LogP contribution in [0, 0.1) is 17.3 Å². The molecule has 164 valence electrons. The molecule has 0 radical (unpaired) electrons. The Morgan fingerprint density at radius 3 is 2.30 bits per heavy atom. The molecule has 1 aromatic carbocycles. The van der Waals surface area contributed by atoms with E-state index < -0.39 is 0 Å². The Morgan fingerprint density at radius 2 is 1.70 bits per heavy atom. The van der Waals surface area contributed by atoms with Crippen LogP contribution in [0.25, 0.3) is 0 Å². The van der Waals surface area contributed by atoms with Crippen molar-refractivity contribution in [3.8, 4) is 0 Å². The zero-order valence-electron chi connectivity index (χ0n) is 18.3. The van der Waals surface area contributed by atoms with Crippen LogP contribution in [0.1, 0.15) is 83.1 Å². The number of thiocarbonyl (C=S) groups is 1. The number of halogens is 1. The Hall–Kier alpha value is -0.640. The lowest BCUT2D eigenvalue weighted by Gasteiger charge is -2.68. The van der Waals surface area contributed by atoms with Gasteiger partial charge in [0.05, 0.1) is 9.86 Å². The van der Waals surface area contributed by atoms with Crippen LogP contribution in [-0.2, 0) is 5.41 Å². The SMILES string of the molecule is CCCC1(Cl)C2CC3(C(=S)N[C@H]4CC[C@H](N)CC4)CC1CC(c1ccccc1)(C2)C3. The summed E-state index contributed by atoms with van der Waals surface area (Å²) in [4.78, 5) is 1.12. The molecule has 2 atom stereocenters. The molecule has 6 rings (SSSR count). The van der Waals surface area contributed by atoms with Crippen LogP contribution in [0.3, 0.4) is 0 Å². The summed E-state index contributed by atoms with van der Waals surface area (Å²) >= 11 is 13.7. The first-order valence-corrected chi connectivity index (χ1v) is 13.0.